The highest BCUT2D eigenvalue weighted by Crippen LogP contribution is 2.23. The largest absolute Gasteiger partial charge is 0.479 e. The summed E-state index contributed by atoms with van der Waals surface area (Å²) in [5.41, 5.74) is 0. The van der Waals surface area contributed by atoms with Gasteiger partial charge in [0.1, 0.15) is 24.9 Å². The smallest absolute Gasteiger partial charge is 0.335 e. The highest BCUT2D eigenvalue weighted by Gasteiger charge is 2.47. The van der Waals surface area contributed by atoms with Crippen LogP contribution in [0.5, 0.6) is 0 Å². The van der Waals surface area contributed by atoms with Crippen LogP contribution >= 0.6 is 0 Å². The number of hydrogen-bond acceptors (Lipinski definition) is 10. The third-order valence-electron chi connectivity index (χ3n) is 8.94. The number of esters is 2. The molecular formula is C41H70O11. The summed E-state index contributed by atoms with van der Waals surface area (Å²) in [4.78, 5) is 36.6. The first-order valence-corrected chi connectivity index (χ1v) is 20.0. The van der Waals surface area contributed by atoms with Crippen LogP contribution < -0.4 is 0 Å². The molecule has 1 heterocycles. The number of ether oxygens (including phenoxy) is 4. The van der Waals surface area contributed by atoms with Crippen molar-refractivity contribution in [2.75, 3.05) is 13.2 Å². The van der Waals surface area contributed by atoms with Gasteiger partial charge in [-0.05, 0) is 64.2 Å². The van der Waals surface area contributed by atoms with E-state index in [2.05, 4.69) is 50.3 Å². The summed E-state index contributed by atoms with van der Waals surface area (Å²) in [6, 6.07) is 0. The maximum absolute atomic E-state index is 12.7. The Morgan fingerprint density at radius 2 is 1.12 bits per heavy atom. The van der Waals surface area contributed by atoms with Crippen molar-refractivity contribution in [3.05, 3.63) is 36.5 Å². The molecule has 1 saturated heterocycles. The van der Waals surface area contributed by atoms with Crippen LogP contribution in [0, 0.1) is 0 Å². The number of aliphatic hydroxyl groups is 3. The highest BCUT2D eigenvalue weighted by molar-refractivity contribution is 5.73. The zero-order chi connectivity index (χ0) is 38.2. The molecule has 0 amide bonds. The second kappa shape index (κ2) is 31.9. The van der Waals surface area contributed by atoms with E-state index in [-0.39, 0.29) is 19.4 Å². The van der Waals surface area contributed by atoms with E-state index in [9.17, 15) is 34.8 Å². The molecule has 0 spiro atoms. The van der Waals surface area contributed by atoms with E-state index in [0.717, 1.165) is 83.5 Å². The van der Waals surface area contributed by atoms with Crippen LogP contribution in [-0.2, 0) is 33.3 Å². The Hall–Kier alpha value is -2.57. The van der Waals surface area contributed by atoms with Crippen molar-refractivity contribution >= 4 is 17.9 Å². The van der Waals surface area contributed by atoms with Crippen molar-refractivity contribution < 1.29 is 53.8 Å². The Balaban J connectivity index is 2.45. The minimum Gasteiger partial charge on any atom is -0.479 e. The summed E-state index contributed by atoms with van der Waals surface area (Å²) in [7, 11) is 0. The van der Waals surface area contributed by atoms with Gasteiger partial charge in [-0.25, -0.2) is 4.79 Å². The molecule has 0 aliphatic carbocycles. The lowest BCUT2D eigenvalue weighted by Gasteiger charge is -2.38. The molecule has 4 N–H and O–H groups in total. The Morgan fingerprint density at radius 3 is 1.69 bits per heavy atom. The molecule has 1 aliphatic heterocycles. The zero-order valence-corrected chi connectivity index (χ0v) is 32.0. The molecule has 0 aromatic heterocycles. The van der Waals surface area contributed by atoms with E-state index in [1.54, 1.807) is 0 Å². The third-order valence-corrected chi connectivity index (χ3v) is 8.94. The van der Waals surface area contributed by atoms with Crippen LogP contribution in [0.3, 0.4) is 0 Å². The van der Waals surface area contributed by atoms with Gasteiger partial charge in [0.2, 0.25) is 0 Å². The van der Waals surface area contributed by atoms with Gasteiger partial charge < -0.3 is 39.4 Å². The van der Waals surface area contributed by atoms with Gasteiger partial charge in [0.05, 0.1) is 6.61 Å². The molecular weight excluding hydrogens is 668 g/mol. The Morgan fingerprint density at radius 1 is 0.596 bits per heavy atom. The lowest BCUT2D eigenvalue weighted by atomic mass is 9.99. The molecule has 0 aromatic carbocycles. The van der Waals surface area contributed by atoms with Crippen LogP contribution in [-0.4, -0.2) is 88.4 Å². The molecule has 52 heavy (non-hydrogen) atoms. The molecule has 300 valence electrons. The Kier molecular flexibility index (Phi) is 29.1. The molecule has 1 rings (SSSR count). The number of carboxylic acid groups (broad SMARTS) is 1. The number of aliphatic carboxylic acids is 1. The lowest BCUT2D eigenvalue weighted by molar-refractivity contribution is -0.298. The van der Waals surface area contributed by atoms with Crippen molar-refractivity contribution in [3.63, 3.8) is 0 Å². The molecule has 0 bridgehead atoms. The number of aliphatic hydroxyl groups excluding tert-OH is 3. The fourth-order valence-electron chi connectivity index (χ4n) is 5.73. The van der Waals surface area contributed by atoms with E-state index in [1.165, 1.54) is 32.1 Å². The minimum atomic E-state index is -1.86. The first-order valence-electron chi connectivity index (χ1n) is 20.0. The summed E-state index contributed by atoms with van der Waals surface area (Å²) in [5.74, 6) is -2.48. The molecule has 0 aromatic rings. The summed E-state index contributed by atoms with van der Waals surface area (Å²) in [5, 5.41) is 39.7. The number of hydrogen-bond donors (Lipinski definition) is 4. The second-order valence-electron chi connectivity index (χ2n) is 13.8. The molecule has 11 heteroatoms. The van der Waals surface area contributed by atoms with Crippen LogP contribution in [0.25, 0.3) is 0 Å². The van der Waals surface area contributed by atoms with Crippen molar-refractivity contribution in [1.82, 2.24) is 0 Å². The molecule has 1 aliphatic rings. The normalized spacial score (nSPS) is 21.3. The van der Waals surface area contributed by atoms with Gasteiger partial charge in [-0.1, -0.05) is 115 Å². The van der Waals surface area contributed by atoms with Crippen molar-refractivity contribution in [2.24, 2.45) is 0 Å². The fourth-order valence-corrected chi connectivity index (χ4v) is 5.73. The third kappa shape index (κ3) is 23.9. The fraction of sp³-hybridized carbons (Fsp3) is 0.780. The predicted octanol–water partition coefficient (Wildman–Crippen LogP) is 7.64. The number of carbonyl (C=O) groups is 3. The molecule has 0 radical (unpaired) electrons. The van der Waals surface area contributed by atoms with Gasteiger partial charge in [0.25, 0.3) is 0 Å². The van der Waals surface area contributed by atoms with Gasteiger partial charge in [0.15, 0.2) is 18.5 Å². The molecule has 6 unspecified atom stereocenters. The number of carbonyl (C=O) groups excluding carboxylic acids is 2. The van der Waals surface area contributed by atoms with Gasteiger partial charge in [-0.15, -0.1) is 0 Å². The summed E-state index contributed by atoms with van der Waals surface area (Å²) < 4.78 is 21.6. The maximum Gasteiger partial charge on any atom is 0.335 e. The SMILES string of the molecule is CCC/C=C\C/C=C\CCCCCCCC(=O)OCC(COC1OC(C(=O)O)C(O)C(O)C1O)OC(=O)CCCCCCC/C=C\CCCCCC. The molecule has 1 fully saturated rings. The first kappa shape index (κ1) is 47.5. The minimum absolute atomic E-state index is 0.169. The van der Waals surface area contributed by atoms with E-state index in [1.807, 2.05) is 0 Å². The van der Waals surface area contributed by atoms with Crippen LogP contribution in [0.4, 0.5) is 0 Å². The quantitative estimate of drug-likeness (QED) is 0.0304. The summed E-state index contributed by atoms with van der Waals surface area (Å²) >= 11 is 0. The standard InChI is InChI=1S/C41H70O11/c1-3-5-7-9-11-13-15-17-19-21-23-25-27-29-34(42)49-31-33(32-50-41-38(46)36(44)37(45)39(52-41)40(47)48)51-35(43)30-28-26-24-22-20-18-16-14-12-10-8-6-4-2/h7,9,13-16,33,36-39,41,44-46H,3-6,8,10-12,17-32H2,1-2H3,(H,47,48)/b9-7-,15-13-,16-14-. The highest BCUT2D eigenvalue weighted by atomic mass is 16.7. The van der Waals surface area contributed by atoms with Gasteiger partial charge in [0, 0.05) is 12.8 Å². The Bertz CT molecular complexity index is 1010. The van der Waals surface area contributed by atoms with Gasteiger partial charge >= 0.3 is 17.9 Å². The van der Waals surface area contributed by atoms with Gasteiger partial charge in [-0.3, -0.25) is 9.59 Å². The molecule has 11 nitrogen and oxygen atoms in total. The Labute approximate surface area is 312 Å². The monoisotopic (exact) mass is 738 g/mol. The zero-order valence-electron chi connectivity index (χ0n) is 32.0. The predicted molar refractivity (Wildman–Crippen MR) is 201 cm³/mol. The average Bonchev–Trinajstić information content (AvgIpc) is 3.12. The van der Waals surface area contributed by atoms with Crippen molar-refractivity contribution in [2.45, 2.75) is 192 Å². The van der Waals surface area contributed by atoms with E-state index < -0.39 is 61.3 Å². The number of unbranched alkanes of at least 4 members (excludes halogenated alkanes) is 15. The first-order chi connectivity index (χ1) is 25.2. The van der Waals surface area contributed by atoms with Crippen molar-refractivity contribution in [1.29, 1.82) is 0 Å². The van der Waals surface area contributed by atoms with Crippen molar-refractivity contribution in [3.8, 4) is 0 Å². The van der Waals surface area contributed by atoms with E-state index in [0.29, 0.717) is 12.8 Å². The average molecular weight is 739 g/mol. The second-order valence-corrected chi connectivity index (χ2v) is 13.8. The summed E-state index contributed by atoms with van der Waals surface area (Å²) in [6.07, 6.45) is 24.9. The van der Waals surface area contributed by atoms with Crippen LogP contribution in [0.15, 0.2) is 36.5 Å². The lowest BCUT2D eigenvalue weighted by Crippen LogP contribution is -2.60. The van der Waals surface area contributed by atoms with Crippen LogP contribution in [0.2, 0.25) is 0 Å². The maximum atomic E-state index is 12.7. The van der Waals surface area contributed by atoms with Crippen LogP contribution in [0.1, 0.15) is 155 Å². The molecule has 6 atom stereocenters. The number of rotatable bonds is 32. The molecule has 0 saturated carbocycles. The van der Waals surface area contributed by atoms with E-state index >= 15 is 0 Å². The number of allylic oxidation sites excluding steroid dienone is 6. The summed E-state index contributed by atoms with van der Waals surface area (Å²) in [6.45, 7) is 3.69. The van der Waals surface area contributed by atoms with Gasteiger partial charge in [-0.2, -0.15) is 0 Å². The topological polar surface area (TPSA) is 169 Å². The van der Waals surface area contributed by atoms with E-state index in [4.69, 9.17) is 18.9 Å². The number of carboxylic acids is 1.